The van der Waals surface area contributed by atoms with Gasteiger partial charge in [-0.05, 0) is 44.7 Å². The fourth-order valence-corrected chi connectivity index (χ4v) is 3.82. The number of hydrogen-bond donors (Lipinski definition) is 0. The van der Waals surface area contributed by atoms with Gasteiger partial charge in [0.2, 0.25) is 0 Å². The van der Waals surface area contributed by atoms with Crippen LogP contribution in [0.4, 0.5) is 5.13 Å². The van der Waals surface area contributed by atoms with Gasteiger partial charge >= 0.3 is 0 Å². The van der Waals surface area contributed by atoms with Gasteiger partial charge in [0, 0.05) is 24.2 Å². The highest BCUT2D eigenvalue weighted by Crippen LogP contribution is 2.28. The number of piperidine rings is 1. The van der Waals surface area contributed by atoms with Gasteiger partial charge in [-0.15, -0.1) is 11.3 Å². The van der Waals surface area contributed by atoms with E-state index >= 15 is 0 Å². The zero-order valence-electron chi connectivity index (χ0n) is 12.6. The number of aryl methyl sites for hydroxylation is 2. The first-order chi connectivity index (χ1) is 10.2. The van der Waals surface area contributed by atoms with Crippen molar-refractivity contribution in [2.45, 2.75) is 39.7 Å². The Bertz CT molecular complexity index is 638. The van der Waals surface area contributed by atoms with E-state index in [2.05, 4.69) is 11.8 Å². The van der Waals surface area contributed by atoms with Crippen molar-refractivity contribution in [3.05, 3.63) is 34.1 Å². The molecule has 3 heterocycles. The molecule has 4 nitrogen and oxygen atoms in total. The lowest BCUT2D eigenvalue weighted by Crippen LogP contribution is -2.29. The molecular weight excluding hydrogens is 282 g/mol. The van der Waals surface area contributed by atoms with Crippen molar-refractivity contribution in [2.24, 2.45) is 0 Å². The summed E-state index contributed by atoms with van der Waals surface area (Å²) in [4.78, 5) is 19.6. The lowest BCUT2D eigenvalue weighted by atomic mass is 10.1. The highest BCUT2D eigenvalue weighted by molar-refractivity contribution is 7.15. The monoisotopic (exact) mass is 303 g/mol. The predicted octanol–water partition coefficient (Wildman–Crippen LogP) is 3.41. The van der Waals surface area contributed by atoms with Crippen LogP contribution < -0.4 is 4.90 Å². The lowest BCUT2D eigenvalue weighted by Gasteiger charge is -2.25. The van der Waals surface area contributed by atoms with Gasteiger partial charge in [-0.25, -0.2) is 4.98 Å². The molecular formula is C16H21N3OS. The fraction of sp³-hybridized carbons (Fsp3) is 0.500. The maximum Gasteiger partial charge on any atom is 0.185 e. The number of carbonyl (C=O) groups is 1. The number of anilines is 1. The second-order valence-electron chi connectivity index (χ2n) is 5.74. The summed E-state index contributed by atoms with van der Waals surface area (Å²) in [5.41, 5.74) is 2.92. The van der Waals surface area contributed by atoms with Crippen molar-refractivity contribution in [1.82, 2.24) is 9.55 Å². The number of thiazole rings is 1. The largest absolute Gasteiger partial charge is 0.348 e. The Balaban J connectivity index is 1.82. The first kappa shape index (κ1) is 14.3. The summed E-state index contributed by atoms with van der Waals surface area (Å²) in [6.07, 6.45) is 6.79. The molecule has 1 aliphatic heterocycles. The zero-order valence-corrected chi connectivity index (χ0v) is 13.4. The van der Waals surface area contributed by atoms with Gasteiger partial charge in [-0.1, -0.05) is 0 Å². The summed E-state index contributed by atoms with van der Waals surface area (Å²) in [7, 11) is 0. The third kappa shape index (κ3) is 3.02. The molecule has 2 aromatic heterocycles. The lowest BCUT2D eigenvalue weighted by molar-refractivity contribution is 0.111. The molecule has 0 saturated carbocycles. The molecule has 0 radical (unpaired) electrons. The average molecular weight is 303 g/mol. The van der Waals surface area contributed by atoms with Gasteiger partial charge in [0.05, 0.1) is 17.9 Å². The van der Waals surface area contributed by atoms with Gasteiger partial charge < -0.3 is 9.47 Å². The molecule has 21 heavy (non-hydrogen) atoms. The van der Waals surface area contributed by atoms with Crippen LogP contribution in [-0.4, -0.2) is 28.9 Å². The van der Waals surface area contributed by atoms with Crippen LogP contribution in [0.25, 0.3) is 0 Å². The normalized spacial score (nSPS) is 15.4. The third-order valence-corrected chi connectivity index (χ3v) is 5.09. The van der Waals surface area contributed by atoms with Gasteiger partial charge in [-0.2, -0.15) is 0 Å². The molecule has 112 valence electrons. The Morgan fingerprint density at radius 2 is 2.05 bits per heavy atom. The summed E-state index contributed by atoms with van der Waals surface area (Å²) < 4.78 is 1.99. The Kier molecular flexibility index (Phi) is 4.10. The van der Waals surface area contributed by atoms with Gasteiger partial charge in [0.1, 0.15) is 0 Å². The first-order valence-corrected chi connectivity index (χ1v) is 8.32. The van der Waals surface area contributed by atoms with E-state index in [1.807, 2.05) is 23.8 Å². The number of rotatable bonds is 4. The maximum atomic E-state index is 11.1. The number of hydrogen-bond acceptors (Lipinski definition) is 4. The molecule has 0 bridgehead atoms. The van der Waals surface area contributed by atoms with Crippen molar-refractivity contribution in [1.29, 1.82) is 0 Å². The Morgan fingerprint density at radius 1 is 1.29 bits per heavy atom. The smallest absolute Gasteiger partial charge is 0.185 e. The van der Waals surface area contributed by atoms with Crippen LogP contribution in [0.3, 0.4) is 0 Å². The molecule has 0 amide bonds. The summed E-state index contributed by atoms with van der Waals surface area (Å²) >= 11 is 1.77. The molecule has 0 aromatic carbocycles. The second-order valence-corrected chi connectivity index (χ2v) is 6.92. The topological polar surface area (TPSA) is 38.1 Å². The standard InChI is InChI=1S/C16H21N3OS/c1-12-8-14(11-20)19(9-12)10-15-13(2)21-16(17-15)18-6-4-3-5-7-18/h8-9,11H,3-7,10H2,1-2H3. The van der Waals surface area contributed by atoms with E-state index in [1.165, 1.54) is 24.1 Å². The van der Waals surface area contributed by atoms with Crippen molar-refractivity contribution >= 4 is 22.8 Å². The molecule has 1 aliphatic rings. The Hall–Kier alpha value is -1.62. The van der Waals surface area contributed by atoms with Crippen LogP contribution >= 0.6 is 11.3 Å². The molecule has 0 aliphatic carbocycles. The van der Waals surface area contributed by atoms with Gasteiger partial charge in [0.25, 0.3) is 0 Å². The number of nitrogens with zero attached hydrogens (tertiary/aromatic N) is 3. The fourth-order valence-electron chi connectivity index (χ4n) is 2.85. The number of aromatic nitrogens is 2. The summed E-state index contributed by atoms with van der Waals surface area (Å²) in [6.45, 7) is 7.05. The van der Waals surface area contributed by atoms with E-state index in [0.29, 0.717) is 6.54 Å². The third-order valence-electron chi connectivity index (χ3n) is 4.02. The quantitative estimate of drug-likeness (QED) is 0.812. The van der Waals surface area contributed by atoms with E-state index < -0.39 is 0 Å². The van der Waals surface area contributed by atoms with Crippen LogP contribution in [0.1, 0.15) is 45.9 Å². The minimum Gasteiger partial charge on any atom is -0.348 e. The molecule has 0 spiro atoms. The van der Waals surface area contributed by atoms with Crippen molar-refractivity contribution < 1.29 is 4.79 Å². The van der Waals surface area contributed by atoms with E-state index in [1.54, 1.807) is 11.3 Å². The highest BCUT2D eigenvalue weighted by Gasteiger charge is 2.17. The number of carbonyl (C=O) groups excluding carboxylic acids is 1. The molecule has 2 aromatic rings. The average Bonchev–Trinajstić information content (AvgIpc) is 3.03. The van der Waals surface area contributed by atoms with Crippen LogP contribution in [0.15, 0.2) is 12.3 Å². The summed E-state index contributed by atoms with van der Waals surface area (Å²) in [5, 5.41) is 1.14. The predicted molar refractivity (Wildman–Crippen MR) is 86.6 cm³/mol. The second kappa shape index (κ2) is 6.02. The molecule has 1 saturated heterocycles. The SMILES string of the molecule is Cc1cc(C=O)n(Cc2nc(N3CCCCC3)sc2C)c1. The first-order valence-electron chi connectivity index (χ1n) is 7.50. The van der Waals surface area contributed by atoms with E-state index in [9.17, 15) is 4.79 Å². The molecule has 1 fully saturated rings. The van der Waals surface area contributed by atoms with Crippen LogP contribution in [0, 0.1) is 13.8 Å². The molecule has 0 atom stereocenters. The maximum absolute atomic E-state index is 11.1. The minimum atomic E-state index is 0.679. The summed E-state index contributed by atoms with van der Waals surface area (Å²) in [5.74, 6) is 0. The Morgan fingerprint density at radius 3 is 2.76 bits per heavy atom. The van der Waals surface area contributed by atoms with Crippen molar-refractivity contribution in [2.75, 3.05) is 18.0 Å². The molecule has 3 rings (SSSR count). The Labute approximate surface area is 129 Å². The minimum absolute atomic E-state index is 0.679. The van der Waals surface area contributed by atoms with Gasteiger partial charge in [-0.3, -0.25) is 4.79 Å². The zero-order chi connectivity index (χ0) is 14.8. The molecule has 0 N–H and O–H groups in total. The highest BCUT2D eigenvalue weighted by atomic mass is 32.1. The van der Waals surface area contributed by atoms with Gasteiger partial charge in [0.15, 0.2) is 11.4 Å². The van der Waals surface area contributed by atoms with Crippen molar-refractivity contribution in [3.63, 3.8) is 0 Å². The summed E-state index contributed by atoms with van der Waals surface area (Å²) in [6, 6.07) is 1.92. The molecule has 0 unspecified atom stereocenters. The molecule has 5 heteroatoms. The van der Waals surface area contributed by atoms with E-state index in [-0.39, 0.29) is 0 Å². The van der Waals surface area contributed by atoms with Crippen molar-refractivity contribution in [3.8, 4) is 0 Å². The van der Waals surface area contributed by atoms with Crippen LogP contribution in [0.2, 0.25) is 0 Å². The van der Waals surface area contributed by atoms with Crippen LogP contribution in [0.5, 0.6) is 0 Å². The van der Waals surface area contributed by atoms with E-state index in [4.69, 9.17) is 4.98 Å². The van der Waals surface area contributed by atoms with Crippen LogP contribution in [-0.2, 0) is 6.54 Å². The van der Waals surface area contributed by atoms with E-state index in [0.717, 1.165) is 41.5 Å². The number of aldehydes is 1.